The highest BCUT2D eigenvalue weighted by Crippen LogP contribution is 2.42. The molecule has 1 atom stereocenters. The second kappa shape index (κ2) is 6.79. The van der Waals surface area contributed by atoms with Crippen LogP contribution in [-0.4, -0.2) is 27.5 Å². The molecule has 2 aliphatic heterocycles. The van der Waals surface area contributed by atoms with E-state index in [0.717, 1.165) is 19.4 Å². The molecule has 0 amide bonds. The van der Waals surface area contributed by atoms with Gasteiger partial charge in [0.25, 0.3) is 0 Å². The van der Waals surface area contributed by atoms with Crippen molar-refractivity contribution in [3.63, 3.8) is 0 Å². The Kier molecular flexibility index (Phi) is 4.28. The van der Waals surface area contributed by atoms with Crippen LogP contribution < -0.4 is 0 Å². The molecular formula is C24H29N3. The zero-order valence-corrected chi connectivity index (χ0v) is 16.5. The minimum Gasteiger partial charge on any atom is -0.329 e. The van der Waals surface area contributed by atoms with Crippen LogP contribution in [0.15, 0.2) is 36.5 Å². The summed E-state index contributed by atoms with van der Waals surface area (Å²) in [7, 11) is 0. The van der Waals surface area contributed by atoms with Gasteiger partial charge in [0.15, 0.2) is 0 Å². The van der Waals surface area contributed by atoms with Gasteiger partial charge in [-0.25, -0.2) is 4.98 Å². The number of hydrogen-bond donors (Lipinski definition) is 0. The molecule has 0 saturated carbocycles. The number of nitrogens with zero attached hydrogens (tertiary/aromatic N) is 3. The molecule has 1 fully saturated rings. The van der Waals surface area contributed by atoms with Crippen LogP contribution in [0.4, 0.5) is 0 Å². The summed E-state index contributed by atoms with van der Waals surface area (Å²) in [6, 6.07) is 12.0. The summed E-state index contributed by atoms with van der Waals surface area (Å²) in [5, 5.41) is 1.41. The molecule has 1 saturated heterocycles. The van der Waals surface area contributed by atoms with Crippen molar-refractivity contribution in [3.05, 3.63) is 64.5 Å². The zero-order valence-electron chi connectivity index (χ0n) is 16.5. The Bertz CT molecular complexity index is 967. The lowest BCUT2D eigenvalue weighted by molar-refractivity contribution is 0.138. The van der Waals surface area contributed by atoms with Gasteiger partial charge in [-0.3, -0.25) is 4.90 Å². The van der Waals surface area contributed by atoms with Gasteiger partial charge in [0.2, 0.25) is 0 Å². The Morgan fingerprint density at radius 2 is 1.89 bits per heavy atom. The molecule has 3 nitrogen and oxygen atoms in total. The van der Waals surface area contributed by atoms with Crippen LogP contribution in [0, 0.1) is 13.8 Å². The average molecular weight is 360 g/mol. The second-order valence-corrected chi connectivity index (χ2v) is 8.43. The summed E-state index contributed by atoms with van der Waals surface area (Å²) in [6.45, 7) is 7.82. The van der Waals surface area contributed by atoms with E-state index < -0.39 is 0 Å². The fraction of sp³-hybridized carbons (Fsp3) is 0.458. The summed E-state index contributed by atoms with van der Waals surface area (Å²) >= 11 is 0. The first-order valence-electron chi connectivity index (χ1n) is 10.5. The zero-order chi connectivity index (χ0) is 18.4. The molecule has 3 heteroatoms. The molecule has 0 spiro atoms. The first-order chi connectivity index (χ1) is 13.2. The third-order valence-corrected chi connectivity index (χ3v) is 6.51. The summed E-state index contributed by atoms with van der Waals surface area (Å²) in [5.74, 6) is 0. The lowest BCUT2D eigenvalue weighted by atomic mass is 9.89. The number of pyridine rings is 1. The number of aromatic nitrogens is 2. The molecule has 2 aliphatic rings. The molecule has 140 valence electrons. The topological polar surface area (TPSA) is 21.1 Å². The summed E-state index contributed by atoms with van der Waals surface area (Å²) < 4.78 is 2.54. The van der Waals surface area contributed by atoms with Crippen molar-refractivity contribution in [1.29, 1.82) is 0 Å². The molecule has 0 radical (unpaired) electrons. The number of fused-ring (bicyclic) bond motifs is 5. The Hall–Kier alpha value is -2.13. The van der Waals surface area contributed by atoms with Crippen LogP contribution in [-0.2, 0) is 19.4 Å². The molecule has 1 aromatic carbocycles. The quantitative estimate of drug-likeness (QED) is 0.658. The van der Waals surface area contributed by atoms with Gasteiger partial charge >= 0.3 is 0 Å². The molecule has 27 heavy (non-hydrogen) atoms. The van der Waals surface area contributed by atoms with Crippen molar-refractivity contribution in [2.24, 2.45) is 0 Å². The molecule has 0 bridgehead atoms. The summed E-state index contributed by atoms with van der Waals surface area (Å²) in [6.07, 6.45) is 8.29. The Balaban J connectivity index is 1.57. The van der Waals surface area contributed by atoms with Crippen molar-refractivity contribution < 1.29 is 0 Å². The van der Waals surface area contributed by atoms with E-state index in [1.165, 1.54) is 60.1 Å². The van der Waals surface area contributed by atoms with E-state index in [1.807, 2.05) is 6.20 Å². The van der Waals surface area contributed by atoms with Gasteiger partial charge in [-0.15, -0.1) is 0 Å². The summed E-state index contributed by atoms with van der Waals surface area (Å²) in [4.78, 5) is 7.61. The van der Waals surface area contributed by atoms with Crippen molar-refractivity contribution in [2.75, 3.05) is 13.1 Å². The Labute approximate surface area is 162 Å². The predicted molar refractivity (Wildman–Crippen MR) is 111 cm³/mol. The molecule has 1 unspecified atom stereocenters. The van der Waals surface area contributed by atoms with Gasteiger partial charge in [-0.2, -0.15) is 0 Å². The lowest BCUT2D eigenvalue weighted by Crippen LogP contribution is -2.39. The Morgan fingerprint density at radius 3 is 2.74 bits per heavy atom. The van der Waals surface area contributed by atoms with Gasteiger partial charge in [0.05, 0.1) is 0 Å². The number of rotatable bonds is 3. The van der Waals surface area contributed by atoms with Crippen LogP contribution in [0.5, 0.6) is 0 Å². The molecule has 0 aliphatic carbocycles. The number of hydrogen-bond acceptors (Lipinski definition) is 2. The van der Waals surface area contributed by atoms with E-state index in [0.29, 0.717) is 6.04 Å². The first-order valence-corrected chi connectivity index (χ1v) is 10.5. The number of piperidine rings is 1. The van der Waals surface area contributed by atoms with Crippen LogP contribution in [0.25, 0.3) is 11.0 Å². The maximum atomic E-state index is 4.89. The number of benzene rings is 1. The van der Waals surface area contributed by atoms with E-state index in [4.69, 9.17) is 4.98 Å². The first kappa shape index (κ1) is 17.0. The SMILES string of the molecule is Cc1ccc(CCn2c3c(c4cc(C)cnc42)C2CCCCN2CC3)cc1. The van der Waals surface area contributed by atoms with Crippen LogP contribution >= 0.6 is 0 Å². The Morgan fingerprint density at radius 1 is 1.04 bits per heavy atom. The lowest BCUT2D eigenvalue weighted by Gasteiger charge is -2.39. The van der Waals surface area contributed by atoms with Gasteiger partial charge in [0.1, 0.15) is 5.65 Å². The van der Waals surface area contributed by atoms with E-state index in [-0.39, 0.29) is 0 Å². The predicted octanol–water partition coefficient (Wildman–Crippen LogP) is 4.98. The van der Waals surface area contributed by atoms with Crippen LogP contribution in [0.3, 0.4) is 0 Å². The van der Waals surface area contributed by atoms with E-state index in [9.17, 15) is 0 Å². The fourth-order valence-corrected chi connectivity index (χ4v) is 5.12. The van der Waals surface area contributed by atoms with E-state index in [1.54, 1.807) is 11.3 Å². The highest BCUT2D eigenvalue weighted by atomic mass is 15.2. The van der Waals surface area contributed by atoms with Gasteiger partial charge in [-0.05, 0) is 62.4 Å². The van der Waals surface area contributed by atoms with Gasteiger partial charge < -0.3 is 4.57 Å². The molecule has 4 heterocycles. The molecule has 0 N–H and O–H groups in total. The average Bonchev–Trinajstić information content (AvgIpc) is 3.01. The normalized spacial score (nSPS) is 19.9. The number of aryl methyl sites for hydroxylation is 4. The molecule has 5 rings (SSSR count). The third kappa shape index (κ3) is 2.98. The van der Waals surface area contributed by atoms with Crippen LogP contribution in [0.1, 0.15) is 53.3 Å². The maximum absolute atomic E-state index is 4.89. The molecular weight excluding hydrogens is 330 g/mol. The smallest absolute Gasteiger partial charge is 0.140 e. The van der Waals surface area contributed by atoms with E-state index in [2.05, 4.69) is 53.6 Å². The van der Waals surface area contributed by atoms with Gasteiger partial charge in [0, 0.05) is 42.8 Å². The minimum absolute atomic E-state index is 0.606. The van der Waals surface area contributed by atoms with Crippen molar-refractivity contribution in [3.8, 4) is 0 Å². The second-order valence-electron chi connectivity index (χ2n) is 8.43. The molecule has 2 aromatic heterocycles. The van der Waals surface area contributed by atoms with Crippen LogP contribution in [0.2, 0.25) is 0 Å². The van der Waals surface area contributed by atoms with E-state index >= 15 is 0 Å². The van der Waals surface area contributed by atoms with Crippen molar-refractivity contribution >= 4 is 11.0 Å². The monoisotopic (exact) mass is 359 g/mol. The standard InChI is InChI=1S/C24H29N3/c1-17-6-8-19(9-7-17)10-14-27-22-11-13-26-12-4-3-5-21(26)23(22)20-15-18(2)16-25-24(20)27/h6-9,15-16,21H,3-5,10-14H2,1-2H3. The largest absolute Gasteiger partial charge is 0.329 e. The highest BCUT2D eigenvalue weighted by molar-refractivity contribution is 5.84. The van der Waals surface area contributed by atoms with Crippen molar-refractivity contribution in [1.82, 2.24) is 14.5 Å². The molecule has 3 aromatic rings. The minimum atomic E-state index is 0.606. The maximum Gasteiger partial charge on any atom is 0.140 e. The van der Waals surface area contributed by atoms with Gasteiger partial charge in [-0.1, -0.05) is 36.2 Å². The van der Waals surface area contributed by atoms with Crippen molar-refractivity contribution in [2.45, 2.75) is 58.5 Å². The third-order valence-electron chi connectivity index (χ3n) is 6.51. The summed E-state index contributed by atoms with van der Waals surface area (Å²) in [5.41, 5.74) is 8.36. The highest BCUT2D eigenvalue weighted by Gasteiger charge is 2.34. The fourth-order valence-electron chi connectivity index (χ4n) is 5.12.